The number of thiazole rings is 1. The van der Waals surface area contributed by atoms with Gasteiger partial charge in [0, 0.05) is 17.5 Å². The van der Waals surface area contributed by atoms with Gasteiger partial charge in [-0.2, -0.15) is 0 Å². The first-order chi connectivity index (χ1) is 7.04. The fourth-order valence-corrected chi connectivity index (χ4v) is 3.36. The Labute approximate surface area is 98.7 Å². The van der Waals surface area contributed by atoms with Crippen molar-refractivity contribution in [2.45, 2.75) is 38.5 Å². The monoisotopic (exact) mass is 243 g/mol. The van der Waals surface area contributed by atoms with Gasteiger partial charge in [-0.15, -0.1) is 11.3 Å². The second kappa shape index (κ2) is 3.87. The van der Waals surface area contributed by atoms with Gasteiger partial charge in [0.1, 0.15) is 0 Å². The Balaban J connectivity index is 2.17. The first kappa shape index (κ1) is 11.1. The van der Waals surface area contributed by atoms with Gasteiger partial charge < -0.3 is 0 Å². The zero-order valence-corrected chi connectivity index (χ0v) is 10.5. The van der Waals surface area contributed by atoms with Gasteiger partial charge in [-0.05, 0) is 30.4 Å². The highest BCUT2D eigenvalue weighted by Crippen LogP contribution is 2.51. The van der Waals surface area contributed by atoms with Crippen molar-refractivity contribution in [1.82, 2.24) is 4.98 Å². The fourth-order valence-electron chi connectivity index (χ4n) is 1.64. The summed E-state index contributed by atoms with van der Waals surface area (Å²) in [7, 11) is 0. The first-order valence-electron chi connectivity index (χ1n) is 5.20. The maximum Gasteiger partial charge on any atom is 0.233 e. The normalized spacial score (nSPS) is 18.1. The largest absolute Gasteiger partial charge is 0.280 e. The molecule has 1 heterocycles. The summed E-state index contributed by atoms with van der Waals surface area (Å²) in [6.45, 7) is 4.33. The molecule has 0 unspecified atom stereocenters. The summed E-state index contributed by atoms with van der Waals surface area (Å²) in [4.78, 5) is 16.7. The summed E-state index contributed by atoms with van der Waals surface area (Å²) in [5, 5.41) is 0.895. The van der Waals surface area contributed by atoms with E-state index >= 15 is 0 Å². The van der Waals surface area contributed by atoms with E-state index < -0.39 is 0 Å². The summed E-state index contributed by atoms with van der Waals surface area (Å²) in [6.07, 6.45) is 4.59. The van der Waals surface area contributed by atoms with Crippen molar-refractivity contribution in [3.63, 3.8) is 0 Å². The van der Waals surface area contributed by atoms with E-state index in [-0.39, 0.29) is 10.7 Å². The summed E-state index contributed by atoms with van der Waals surface area (Å²) < 4.78 is 0. The van der Waals surface area contributed by atoms with E-state index in [4.69, 9.17) is 11.6 Å². The molecule has 4 heteroatoms. The minimum absolute atomic E-state index is 0.220. The Hall–Kier alpha value is -0.410. The number of hydrogen-bond acceptors (Lipinski definition) is 3. The average molecular weight is 244 g/mol. The van der Waals surface area contributed by atoms with E-state index in [0.717, 1.165) is 29.1 Å². The van der Waals surface area contributed by atoms with Gasteiger partial charge in [-0.1, -0.05) is 13.8 Å². The highest BCUT2D eigenvalue weighted by Gasteiger charge is 2.51. The summed E-state index contributed by atoms with van der Waals surface area (Å²) in [5.41, 5.74) is -0.367. The third kappa shape index (κ3) is 2.08. The Morgan fingerprint density at radius 3 is 2.80 bits per heavy atom. The Kier molecular flexibility index (Phi) is 2.86. The molecule has 0 spiro atoms. The fraction of sp³-hybridized carbons (Fsp3) is 0.636. The Bertz CT molecular complexity index is 382. The molecule has 1 aliphatic rings. The van der Waals surface area contributed by atoms with Gasteiger partial charge in [-0.25, -0.2) is 4.98 Å². The summed E-state index contributed by atoms with van der Waals surface area (Å²) >= 11 is 7.26. The lowest BCUT2D eigenvalue weighted by molar-refractivity contribution is -0.113. The number of hydrogen-bond donors (Lipinski definition) is 0. The average Bonchev–Trinajstić information content (AvgIpc) is 2.83. The van der Waals surface area contributed by atoms with E-state index in [1.165, 1.54) is 0 Å². The minimum atomic E-state index is -0.367. The van der Waals surface area contributed by atoms with Crippen LogP contribution in [0.3, 0.4) is 0 Å². The van der Waals surface area contributed by atoms with Crippen LogP contribution in [0, 0.1) is 5.92 Å². The number of rotatable bonds is 4. The molecule has 0 bridgehead atoms. The highest BCUT2D eigenvalue weighted by molar-refractivity contribution is 7.12. The molecule has 0 amide bonds. The van der Waals surface area contributed by atoms with Crippen molar-refractivity contribution in [1.29, 1.82) is 0 Å². The molecule has 0 atom stereocenters. The second-order valence-corrected chi connectivity index (χ2v) is 6.03. The molecule has 0 saturated heterocycles. The number of aromatic nitrogens is 1. The minimum Gasteiger partial charge on any atom is -0.280 e. The van der Waals surface area contributed by atoms with Crippen LogP contribution in [0.25, 0.3) is 0 Å². The molecule has 1 aromatic heterocycles. The van der Waals surface area contributed by atoms with Gasteiger partial charge in [0.2, 0.25) is 5.24 Å². The maximum atomic E-state index is 11.3. The van der Waals surface area contributed by atoms with Crippen LogP contribution < -0.4 is 0 Å². The molecule has 1 saturated carbocycles. The zero-order chi connectivity index (χ0) is 11.1. The molecule has 0 N–H and O–H groups in total. The Morgan fingerprint density at radius 1 is 1.67 bits per heavy atom. The van der Waals surface area contributed by atoms with E-state index in [9.17, 15) is 4.79 Å². The molecule has 0 radical (unpaired) electrons. The molecule has 82 valence electrons. The lowest BCUT2D eigenvalue weighted by Crippen LogP contribution is -2.12. The van der Waals surface area contributed by atoms with Crippen LogP contribution >= 0.6 is 22.9 Å². The number of halogens is 1. The van der Waals surface area contributed by atoms with Gasteiger partial charge in [0.05, 0.1) is 10.4 Å². The topological polar surface area (TPSA) is 30.0 Å². The van der Waals surface area contributed by atoms with Crippen LogP contribution in [-0.4, -0.2) is 10.2 Å². The van der Waals surface area contributed by atoms with E-state index in [1.807, 2.05) is 6.20 Å². The molecule has 0 aliphatic heterocycles. The van der Waals surface area contributed by atoms with Crippen LogP contribution in [0.2, 0.25) is 0 Å². The van der Waals surface area contributed by atoms with Gasteiger partial charge in [-0.3, -0.25) is 4.79 Å². The molecule has 1 aromatic rings. The zero-order valence-electron chi connectivity index (χ0n) is 8.92. The lowest BCUT2D eigenvalue weighted by atomic mass is 10.1. The van der Waals surface area contributed by atoms with Gasteiger partial charge in [0.25, 0.3) is 0 Å². The van der Waals surface area contributed by atoms with Crippen LogP contribution in [0.5, 0.6) is 0 Å². The summed E-state index contributed by atoms with van der Waals surface area (Å²) in [5.74, 6) is 0.603. The predicted molar refractivity (Wildman–Crippen MR) is 62.4 cm³/mol. The van der Waals surface area contributed by atoms with Crippen molar-refractivity contribution in [2.24, 2.45) is 5.92 Å². The van der Waals surface area contributed by atoms with E-state index in [1.54, 1.807) is 11.3 Å². The molecule has 2 rings (SSSR count). The quantitative estimate of drug-likeness (QED) is 0.761. The third-order valence-corrected chi connectivity index (χ3v) is 4.32. The van der Waals surface area contributed by atoms with Crippen molar-refractivity contribution in [3.05, 3.63) is 16.1 Å². The molecular formula is C11H14ClNOS. The molecule has 0 aromatic carbocycles. The SMILES string of the molecule is CC(C)Cc1ncc(C2(C(=O)Cl)CC2)s1. The predicted octanol–water partition coefficient (Wildman–Crippen LogP) is 3.14. The molecule has 1 aliphatic carbocycles. The number of carbonyl (C=O) groups is 1. The van der Waals surface area contributed by atoms with Crippen LogP contribution in [-0.2, 0) is 16.6 Å². The number of carbonyl (C=O) groups excluding carboxylic acids is 1. The second-order valence-electron chi connectivity index (χ2n) is 4.57. The van der Waals surface area contributed by atoms with Crippen LogP contribution in [0.15, 0.2) is 6.20 Å². The molecule has 1 fully saturated rings. The van der Waals surface area contributed by atoms with E-state index in [0.29, 0.717) is 5.92 Å². The molecule has 15 heavy (non-hydrogen) atoms. The van der Waals surface area contributed by atoms with Crippen molar-refractivity contribution < 1.29 is 4.79 Å². The standard InChI is InChI=1S/C11H14ClNOS/c1-7(2)5-9-13-6-8(15-9)11(3-4-11)10(12)14/h6-7H,3-5H2,1-2H3. The van der Waals surface area contributed by atoms with Crippen LogP contribution in [0.4, 0.5) is 0 Å². The van der Waals surface area contributed by atoms with Crippen LogP contribution in [0.1, 0.15) is 36.6 Å². The first-order valence-corrected chi connectivity index (χ1v) is 6.39. The van der Waals surface area contributed by atoms with Crippen molar-refractivity contribution >= 4 is 28.2 Å². The van der Waals surface area contributed by atoms with Gasteiger partial charge >= 0.3 is 0 Å². The van der Waals surface area contributed by atoms with E-state index in [2.05, 4.69) is 18.8 Å². The third-order valence-electron chi connectivity index (χ3n) is 2.73. The smallest absolute Gasteiger partial charge is 0.233 e. The molecule has 2 nitrogen and oxygen atoms in total. The lowest BCUT2D eigenvalue weighted by Gasteiger charge is -2.04. The summed E-state index contributed by atoms with van der Waals surface area (Å²) in [6, 6.07) is 0. The van der Waals surface area contributed by atoms with Crippen molar-refractivity contribution in [2.75, 3.05) is 0 Å². The van der Waals surface area contributed by atoms with Crippen molar-refractivity contribution in [3.8, 4) is 0 Å². The Morgan fingerprint density at radius 2 is 2.33 bits per heavy atom. The van der Waals surface area contributed by atoms with Gasteiger partial charge in [0.15, 0.2) is 0 Å². The highest BCUT2D eigenvalue weighted by atomic mass is 35.5. The molecular weight excluding hydrogens is 230 g/mol. The maximum absolute atomic E-state index is 11.3. The number of nitrogens with zero attached hydrogens (tertiary/aromatic N) is 1.